The van der Waals surface area contributed by atoms with Gasteiger partial charge in [0.1, 0.15) is 0 Å². The predicted octanol–water partition coefficient (Wildman–Crippen LogP) is 1.06. The van der Waals surface area contributed by atoms with Crippen LogP contribution < -0.4 is 0 Å². The van der Waals surface area contributed by atoms with Gasteiger partial charge in [-0.2, -0.15) is 4.39 Å². The molecule has 1 N–H and O–H groups in total. The summed E-state index contributed by atoms with van der Waals surface area (Å²) in [7, 11) is 0. The van der Waals surface area contributed by atoms with Crippen molar-refractivity contribution in [3.8, 4) is 0 Å². The largest absolute Gasteiger partial charge is 0.332 e. The third-order valence-electron chi connectivity index (χ3n) is 0.843. The fourth-order valence-corrected chi connectivity index (χ4v) is 0.461. The van der Waals surface area contributed by atoms with E-state index in [1.54, 1.807) is 0 Å². The Hall–Kier alpha value is -1.39. The van der Waals surface area contributed by atoms with Crippen LogP contribution in [0.15, 0.2) is 12.3 Å². The average molecular weight is 130 g/mol. The molecule has 0 radical (unpaired) electrons. The summed E-state index contributed by atoms with van der Waals surface area (Å²) in [5.74, 6) is -0.693. The highest BCUT2D eigenvalue weighted by Crippen LogP contribution is 2.09. The van der Waals surface area contributed by atoms with Gasteiger partial charge in [-0.25, -0.2) is 0 Å². The zero-order chi connectivity index (χ0) is 6.85. The highest BCUT2D eigenvalue weighted by Gasteiger charge is 2.06. The number of nitrogens with one attached hydrogen (secondary N) is 1. The first-order valence-corrected chi connectivity index (χ1v) is 2.18. The molecule has 4 nitrogen and oxygen atoms in total. The fraction of sp³-hybridized carbons (Fsp3) is 0. The van der Waals surface area contributed by atoms with E-state index >= 15 is 0 Å². The van der Waals surface area contributed by atoms with E-state index in [9.17, 15) is 14.5 Å². The van der Waals surface area contributed by atoms with Gasteiger partial charge in [-0.1, -0.05) is 0 Å². The predicted molar refractivity (Wildman–Crippen MR) is 27.4 cm³/mol. The molecule has 0 saturated carbocycles. The molecule has 9 heavy (non-hydrogen) atoms. The summed E-state index contributed by atoms with van der Waals surface area (Å²) in [6.07, 6.45) is 0.995. The smallest absolute Gasteiger partial charge is 0.289 e. The van der Waals surface area contributed by atoms with Crippen LogP contribution in [-0.4, -0.2) is 9.91 Å². The summed E-state index contributed by atoms with van der Waals surface area (Å²) in [5.41, 5.74) is -0.257. The van der Waals surface area contributed by atoms with Gasteiger partial charge < -0.3 is 4.98 Å². The maximum absolute atomic E-state index is 11.9. The standard InChI is InChI=1S/C4H3FN2O2/c5-4-1-3(2-6-4)7(8)9/h1-2,6H. The van der Waals surface area contributed by atoms with Crippen molar-refractivity contribution in [2.45, 2.75) is 0 Å². The fourth-order valence-electron chi connectivity index (χ4n) is 0.461. The van der Waals surface area contributed by atoms with Gasteiger partial charge >= 0.3 is 0 Å². The lowest BCUT2D eigenvalue weighted by Gasteiger charge is -1.77. The molecule has 0 saturated heterocycles. The lowest BCUT2D eigenvalue weighted by Crippen LogP contribution is -1.82. The van der Waals surface area contributed by atoms with Crippen LogP contribution in [0.4, 0.5) is 10.1 Å². The van der Waals surface area contributed by atoms with E-state index in [1.807, 2.05) is 4.98 Å². The number of hydrogen-bond donors (Lipinski definition) is 1. The Kier molecular flexibility index (Phi) is 1.18. The zero-order valence-electron chi connectivity index (χ0n) is 4.30. The molecule has 0 bridgehead atoms. The monoisotopic (exact) mass is 130 g/mol. The molecule has 48 valence electrons. The van der Waals surface area contributed by atoms with Crippen molar-refractivity contribution in [3.63, 3.8) is 0 Å². The van der Waals surface area contributed by atoms with Crippen LogP contribution in [0.5, 0.6) is 0 Å². The van der Waals surface area contributed by atoms with Gasteiger partial charge in [-0.05, 0) is 0 Å². The number of H-pyrrole nitrogens is 1. The van der Waals surface area contributed by atoms with Gasteiger partial charge in [0, 0.05) is 0 Å². The van der Waals surface area contributed by atoms with Crippen molar-refractivity contribution in [1.29, 1.82) is 0 Å². The Bertz CT molecular complexity index is 232. The molecule has 0 aliphatic carbocycles. The minimum Gasteiger partial charge on any atom is -0.332 e. The van der Waals surface area contributed by atoms with Crippen LogP contribution >= 0.6 is 0 Å². The molecule has 1 rings (SSSR count). The Morgan fingerprint density at radius 3 is 2.67 bits per heavy atom. The van der Waals surface area contributed by atoms with Crippen molar-refractivity contribution in [2.24, 2.45) is 0 Å². The van der Waals surface area contributed by atoms with E-state index in [-0.39, 0.29) is 5.69 Å². The number of nitrogens with zero attached hydrogens (tertiary/aromatic N) is 1. The van der Waals surface area contributed by atoms with E-state index in [0.717, 1.165) is 12.3 Å². The number of aromatic nitrogens is 1. The maximum atomic E-state index is 11.9. The molecular weight excluding hydrogens is 127 g/mol. The minimum absolute atomic E-state index is 0.257. The van der Waals surface area contributed by atoms with Gasteiger partial charge in [0.15, 0.2) is 5.95 Å². The molecule has 1 aromatic rings. The van der Waals surface area contributed by atoms with Crippen molar-refractivity contribution < 1.29 is 9.31 Å². The Labute approximate surface area is 49.5 Å². The molecule has 0 amide bonds. The summed E-state index contributed by atoms with van der Waals surface area (Å²) >= 11 is 0. The van der Waals surface area contributed by atoms with Crippen molar-refractivity contribution in [2.75, 3.05) is 0 Å². The van der Waals surface area contributed by atoms with Crippen LogP contribution in [0.1, 0.15) is 0 Å². The number of hydrogen-bond acceptors (Lipinski definition) is 2. The number of rotatable bonds is 1. The summed E-state index contributed by atoms with van der Waals surface area (Å²) in [6.45, 7) is 0. The highest BCUT2D eigenvalue weighted by molar-refractivity contribution is 5.24. The Morgan fingerprint density at radius 2 is 2.44 bits per heavy atom. The van der Waals surface area contributed by atoms with E-state index in [2.05, 4.69) is 0 Å². The van der Waals surface area contributed by atoms with E-state index < -0.39 is 10.9 Å². The van der Waals surface area contributed by atoms with Crippen LogP contribution in [0.25, 0.3) is 0 Å². The quantitative estimate of drug-likeness (QED) is 0.456. The molecule has 0 fully saturated rings. The third kappa shape index (κ3) is 1.04. The minimum atomic E-state index is -0.693. The average Bonchev–Trinajstić information content (AvgIpc) is 2.14. The van der Waals surface area contributed by atoms with Gasteiger partial charge in [0.05, 0.1) is 17.2 Å². The van der Waals surface area contributed by atoms with Gasteiger partial charge in [0.2, 0.25) is 0 Å². The van der Waals surface area contributed by atoms with Gasteiger partial charge in [-0.3, -0.25) is 10.1 Å². The Balaban J connectivity index is 2.98. The topological polar surface area (TPSA) is 58.9 Å². The molecule has 0 unspecified atom stereocenters. The van der Waals surface area contributed by atoms with Gasteiger partial charge in [0.25, 0.3) is 5.69 Å². The lowest BCUT2D eigenvalue weighted by molar-refractivity contribution is -0.384. The highest BCUT2D eigenvalue weighted by atomic mass is 19.1. The maximum Gasteiger partial charge on any atom is 0.289 e. The molecular formula is C4H3FN2O2. The summed E-state index contributed by atoms with van der Waals surface area (Å²) in [5, 5.41) is 9.83. The van der Waals surface area contributed by atoms with Crippen molar-refractivity contribution >= 4 is 5.69 Å². The van der Waals surface area contributed by atoms with Crippen LogP contribution in [0, 0.1) is 16.1 Å². The summed E-state index contributed by atoms with van der Waals surface area (Å²) in [6, 6.07) is 0.819. The van der Waals surface area contributed by atoms with Gasteiger partial charge in [-0.15, -0.1) is 0 Å². The molecule has 0 aliphatic heterocycles. The first kappa shape index (κ1) is 5.74. The first-order chi connectivity index (χ1) is 4.20. The molecule has 1 aromatic heterocycles. The second kappa shape index (κ2) is 1.85. The second-order valence-corrected chi connectivity index (χ2v) is 1.46. The van der Waals surface area contributed by atoms with Crippen LogP contribution in [0.3, 0.4) is 0 Å². The lowest BCUT2D eigenvalue weighted by atomic mass is 10.6. The number of nitro groups is 1. The molecule has 0 atom stereocenters. The number of aromatic amines is 1. The normalized spacial score (nSPS) is 9.44. The molecule has 0 aliphatic rings. The third-order valence-corrected chi connectivity index (χ3v) is 0.843. The van der Waals surface area contributed by atoms with E-state index in [0.29, 0.717) is 0 Å². The van der Waals surface area contributed by atoms with E-state index in [4.69, 9.17) is 0 Å². The summed E-state index contributed by atoms with van der Waals surface area (Å²) < 4.78 is 11.9. The number of halogens is 1. The van der Waals surface area contributed by atoms with Crippen molar-refractivity contribution in [1.82, 2.24) is 4.98 Å². The SMILES string of the molecule is O=[N+]([O-])c1c[nH]c(F)c1. The molecule has 1 heterocycles. The van der Waals surface area contributed by atoms with Crippen LogP contribution in [0.2, 0.25) is 0 Å². The molecule has 5 heteroatoms. The molecule has 0 aromatic carbocycles. The Morgan fingerprint density at radius 1 is 1.78 bits per heavy atom. The van der Waals surface area contributed by atoms with Crippen molar-refractivity contribution in [3.05, 3.63) is 28.3 Å². The second-order valence-electron chi connectivity index (χ2n) is 1.46. The summed E-state index contributed by atoms with van der Waals surface area (Å²) in [4.78, 5) is 11.2. The zero-order valence-corrected chi connectivity index (χ0v) is 4.30. The molecule has 0 spiro atoms. The van der Waals surface area contributed by atoms with E-state index in [1.165, 1.54) is 0 Å². The first-order valence-electron chi connectivity index (χ1n) is 2.18. The van der Waals surface area contributed by atoms with Crippen LogP contribution in [-0.2, 0) is 0 Å².